The number of carbonyl (C=O) groups is 1. The van der Waals surface area contributed by atoms with Crippen LogP contribution in [0.3, 0.4) is 0 Å². The van der Waals surface area contributed by atoms with Crippen LogP contribution in [0.1, 0.15) is 13.8 Å². The zero-order chi connectivity index (χ0) is 10.6. The molecule has 78 valence electrons. The molecule has 2 N–H and O–H groups in total. The van der Waals surface area contributed by atoms with Gasteiger partial charge < -0.3 is 10.6 Å². The van der Waals surface area contributed by atoms with Crippen LogP contribution in [-0.2, 0) is 4.79 Å². The van der Waals surface area contributed by atoms with Gasteiger partial charge in [-0.1, -0.05) is 13.8 Å². The highest BCUT2D eigenvalue weighted by molar-refractivity contribution is 5.81. The first-order valence-electron chi connectivity index (χ1n) is 4.15. The molecule has 0 aromatic carbocycles. The fourth-order valence-corrected chi connectivity index (χ4v) is 0.837. The number of hydrogen-bond donors (Lipinski definition) is 1. The predicted molar refractivity (Wildman–Crippen MR) is 46.5 cm³/mol. The third kappa shape index (κ3) is 4.17. The molecule has 1 amide bonds. The number of carbonyl (C=O) groups excluding carboxylic acids is 1. The van der Waals surface area contributed by atoms with Gasteiger partial charge in [0.25, 0.3) is 6.43 Å². The molecule has 0 aliphatic rings. The summed E-state index contributed by atoms with van der Waals surface area (Å²) in [6.07, 6.45) is -2.51. The second-order valence-electron chi connectivity index (χ2n) is 3.38. The summed E-state index contributed by atoms with van der Waals surface area (Å²) in [6.45, 7) is 3.00. The number of nitrogens with two attached hydrogens (primary N) is 1. The molecule has 0 rings (SSSR count). The maximum absolute atomic E-state index is 11.9. The van der Waals surface area contributed by atoms with Crippen LogP contribution in [0.5, 0.6) is 0 Å². The normalized spacial score (nSPS) is 13.5. The average Bonchev–Trinajstić information content (AvgIpc) is 2.00. The van der Waals surface area contributed by atoms with Gasteiger partial charge in [-0.25, -0.2) is 8.78 Å². The molecule has 0 aromatic rings. The van der Waals surface area contributed by atoms with Crippen LogP contribution in [-0.4, -0.2) is 36.9 Å². The first-order chi connectivity index (χ1) is 5.86. The lowest BCUT2D eigenvalue weighted by molar-refractivity contribution is -0.133. The molecule has 0 radical (unpaired) electrons. The lowest BCUT2D eigenvalue weighted by atomic mass is 10.0. The molecule has 0 aliphatic carbocycles. The second-order valence-corrected chi connectivity index (χ2v) is 3.38. The molecule has 0 fully saturated rings. The van der Waals surface area contributed by atoms with Gasteiger partial charge in [0.2, 0.25) is 5.91 Å². The Morgan fingerprint density at radius 2 is 1.92 bits per heavy atom. The largest absolute Gasteiger partial charge is 0.339 e. The molecular weight excluding hydrogens is 178 g/mol. The molecule has 5 heteroatoms. The van der Waals surface area contributed by atoms with Crippen molar-refractivity contribution in [1.82, 2.24) is 4.90 Å². The van der Waals surface area contributed by atoms with Gasteiger partial charge in [0.1, 0.15) is 0 Å². The third-order valence-corrected chi connectivity index (χ3v) is 1.79. The standard InChI is InChI=1S/C8H16F2N2O/c1-5(2)7(11)8(13)12(3)4-6(9)10/h5-7H,4,11H2,1-3H3/t7-/m0/s1. The topological polar surface area (TPSA) is 46.3 Å². The van der Waals surface area contributed by atoms with E-state index in [0.717, 1.165) is 4.90 Å². The molecule has 0 saturated heterocycles. The van der Waals surface area contributed by atoms with Gasteiger partial charge >= 0.3 is 0 Å². The molecule has 13 heavy (non-hydrogen) atoms. The van der Waals surface area contributed by atoms with E-state index in [4.69, 9.17) is 5.73 Å². The van der Waals surface area contributed by atoms with E-state index in [1.165, 1.54) is 7.05 Å². The summed E-state index contributed by atoms with van der Waals surface area (Å²) in [5.41, 5.74) is 5.50. The molecule has 0 spiro atoms. The van der Waals surface area contributed by atoms with Crippen molar-refractivity contribution in [3.63, 3.8) is 0 Å². The van der Waals surface area contributed by atoms with Crippen LogP contribution in [0, 0.1) is 5.92 Å². The van der Waals surface area contributed by atoms with Crippen LogP contribution in [0.2, 0.25) is 0 Å². The van der Waals surface area contributed by atoms with Gasteiger partial charge in [-0.3, -0.25) is 4.79 Å². The monoisotopic (exact) mass is 194 g/mol. The van der Waals surface area contributed by atoms with Gasteiger partial charge in [-0.2, -0.15) is 0 Å². The van der Waals surface area contributed by atoms with E-state index in [1.54, 1.807) is 13.8 Å². The number of nitrogens with zero attached hydrogens (tertiary/aromatic N) is 1. The third-order valence-electron chi connectivity index (χ3n) is 1.79. The predicted octanol–water partition coefficient (Wildman–Crippen LogP) is 0.693. The van der Waals surface area contributed by atoms with E-state index >= 15 is 0 Å². The van der Waals surface area contributed by atoms with Gasteiger partial charge in [0.05, 0.1) is 12.6 Å². The van der Waals surface area contributed by atoms with E-state index < -0.39 is 24.9 Å². The molecule has 0 unspecified atom stereocenters. The summed E-state index contributed by atoms with van der Waals surface area (Å²) in [6, 6.07) is -0.691. The highest BCUT2D eigenvalue weighted by Gasteiger charge is 2.22. The molecule has 0 aliphatic heterocycles. The van der Waals surface area contributed by atoms with Gasteiger partial charge in [-0.05, 0) is 5.92 Å². The van der Waals surface area contributed by atoms with E-state index in [9.17, 15) is 13.6 Å². The van der Waals surface area contributed by atoms with Crippen molar-refractivity contribution in [2.24, 2.45) is 11.7 Å². The van der Waals surface area contributed by atoms with E-state index in [-0.39, 0.29) is 5.92 Å². The number of rotatable bonds is 4. The highest BCUT2D eigenvalue weighted by atomic mass is 19.3. The Morgan fingerprint density at radius 3 is 2.23 bits per heavy atom. The summed E-state index contributed by atoms with van der Waals surface area (Å²) in [5.74, 6) is -0.470. The summed E-state index contributed by atoms with van der Waals surface area (Å²) < 4.78 is 23.8. The average molecular weight is 194 g/mol. The SMILES string of the molecule is CC(C)[C@H](N)C(=O)N(C)CC(F)F. The van der Waals surface area contributed by atoms with Crippen molar-refractivity contribution in [3.8, 4) is 0 Å². The minimum atomic E-state index is -2.51. The van der Waals surface area contributed by atoms with Gasteiger partial charge in [-0.15, -0.1) is 0 Å². The Morgan fingerprint density at radius 1 is 1.46 bits per heavy atom. The van der Waals surface area contributed by atoms with Crippen molar-refractivity contribution >= 4 is 5.91 Å². The lowest BCUT2D eigenvalue weighted by Crippen LogP contribution is -2.46. The van der Waals surface area contributed by atoms with Crippen molar-refractivity contribution in [2.45, 2.75) is 26.3 Å². The van der Waals surface area contributed by atoms with Crippen LogP contribution in [0.25, 0.3) is 0 Å². The fourth-order valence-electron chi connectivity index (χ4n) is 0.837. The van der Waals surface area contributed by atoms with E-state index in [0.29, 0.717) is 0 Å². The Bertz CT molecular complexity index is 174. The highest BCUT2D eigenvalue weighted by Crippen LogP contribution is 2.04. The summed E-state index contributed by atoms with van der Waals surface area (Å²) in [4.78, 5) is 12.3. The zero-order valence-corrected chi connectivity index (χ0v) is 8.13. The molecular formula is C8H16F2N2O. The lowest BCUT2D eigenvalue weighted by Gasteiger charge is -2.22. The fraction of sp³-hybridized carbons (Fsp3) is 0.875. The van der Waals surface area contributed by atoms with E-state index in [2.05, 4.69) is 0 Å². The maximum Gasteiger partial charge on any atom is 0.255 e. The Kier molecular flexibility index (Phi) is 4.83. The van der Waals surface area contributed by atoms with Gasteiger partial charge in [0.15, 0.2) is 0 Å². The number of hydrogen-bond acceptors (Lipinski definition) is 2. The Labute approximate surface area is 76.9 Å². The quantitative estimate of drug-likeness (QED) is 0.715. The Balaban J connectivity index is 4.09. The maximum atomic E-state index is 11.9. The summed E-state index contributed by atoms with van der Waals surface area (Å²) in [7, 11) is 1.33. The van der Waals surface area contributed by atoms with Crippen molar-refractivity contribution in [2.75, 3.05) is 13.6 Å². The molecule has 0 heterocycles. The molecule has 1 atom stereocenters. The minimum absolute atomic E-state index is 0.0346. The number of halogens is 2. The summed E-state index contributed by atoms with van der Waals surface area (Å²) in [5, 5.41) is 0. The summed E-state index contributed by atoms with van der Waals surface area (Å²) >= 11 is 0. The molecule has 0 bridgehead atoms. The van der Waals surface area contributed by atoms with Crippen molar-refractivity contribution in [1.29, 1.82) is 0 Å². The minimum Gasteiger partial charge on any atom is -0.339 e. The Hall–Kier alpha value is -0.710. The van der Waals surface area contributed by atoms with E-state index in [1.807, 2.05) is 0 Å². The zero-order valence-electron chi connectivity index (χ0n) is 8.13. The van der Waals surface area contributed by atoms with Crippen molar-refractivity contribution < 1.29 is 13.6 Å². The van der Waals surface area contributed by atoms with Crippen molar-refractivity contribution in [3.05, 3.63) is 0 Å². The van der Waals surface area contributed by atoms with Crippen LogP contribution < -0.4 is 5.73 Å². The molecule has 0 aromatic heterocycles. The smallest absolute Gasteiger partial charge is 0.255 e. The first-order valence-corrected chi connectivity index (χ1v) is 4.15. The van der Waals surface area contributed by atoms with Crippen LogP contribution >= 0.6 is 0 Å². The van der Waals surface area contributed by atoms with Crippen LogP contribution in [0.15, 0.2) is 0 Å². The molecule has 3 nitrogen and oxygen atoms in total. The molecule has 0 saturated carbocycles. The van der Waals surface area contributed by atoms with Gasteiger partial charge in [0, 0.05) is 7.05 Å². The number of likely N-dealkylation sites (N-methyl/N-ethyl adjacent to an activating group) is 1. The second kappa shape index (κ2) is 5.11. The first kappa shape index (κ1) is 12.3. The number of alkyl halides is 2. The van der Waals surface area contributed by atoms with Crippen LogP contribution in [0.4, 0.5) is 8.78 Å². The number of amides is 1.